The van der Waals surface area contributed by atoms with Crippen LogP contribution in [0.3, 0.4) is 0 Å². The van der Waals surface area contributed by atoms with Crippen LogP contribution in [0, 0.1) is 18.3 Å². The number of esters is 1. The maximum atomic E-state index is 13.7. The van der Waals surface area contributed by atoms with Gasteiger partial charge in [-0.2, -0.15) is 5.26 Å². The van der Waals surface area contributed by atoms with Crippen LogP contribution in [-0.4, -0.2) is 30.4 Å². The van der Waals surface area contributed by atoms with Crippen molar-refractivity contribution >= 4 is 23.4 Å². The molecule has 2 aromatic carbocycles. The third-order valence-electron chi connectivity index (χ3n) is 5.77. The molecule has 1 aliphatic rings. The SMILES string of the molecule is CCOC(=O)C1=C(C)N=c2s/c(=C/c3ccc(OCC#N)c(OCC)c3)c(=O)n2[C@H]1c1ccc(C)cc1. The topological polar surface area (TPSA) is 103 Å². The molecule has 9 heteroatoms. The number of ether oxygens (including phenoxy) is 3. The molecule has 0 amide bonds. The van der Waals surface area contributed by atoms with E-state index in [1.54, 1.807) is 42.7 Å². The highest BCUT2D eigenvalue weighted by Crippen LogP contribution is 2.31. The highest BCUT2D eigenvalue weighted by atomic mass is 32.1. The molecule has 0 N–H and O–H groups in total. The number of carbonyl (C=O) groups is 1. The van der Waals surface area contributed by atoms with Crippen LogP contribution in [0.15, 0.2) is 63.5 Å². The summed E-state index contributed by atoms with van der Waals surface area (Å²) in [6, 6.07) is 14.3. The Kier molecular flexibility index (Phi) is 7.89. The highest BCUT2D eigenvalue weighted by Gasteiger charge is 2.33. The minimum absolute atomic E-state index is 0.0980. The van der Waals surface area contributed by atoms with E-state index in [0.29, 0.717) is 38.7 Å². The molecule has 0 saturated carbocycles. The molecule has 37 heavy (non-hydrogen) atoms. The van der Waals surface area contributed by atoms with Gasteiger partial charge in [-0.3, -0.25) is 9.36 Å². The molecule has 1 aliphatic heterocycles. The number of benzene rings is 2. The largest absolute Gasteiger partial charge is 0.490 e. The Bertz CT molecular complexity index is 1580. The highest BCUT2D eigenvalue weighted by molar-refractivity contribution is 7.07. The van der Waals surface area contributed by atoms with Crippen molar-refractivity contribution in [2.24, 2.45) is 4.99 Å². The lowest BCUT2D eigenvalue weighted by atomic mass is 9.95. The van der Waals surface area contributed by atoms with Gasteiger partial charge in [-0.05, 0) is 57.0 Å². The molecule has 0 saturated heterocycles. The molecule has 0 bridgehead atoms. The van der Waals surface area contributed by atoms with Gasteiger partial charge in [0.2, 0.25) is 0 Å². The third-order valence-corrected chi connectivity index (χ3v) is 6.75. The Labute approximate surface area is 218 Å². The van der Waals surface area contributed by atoms with E-state index < -0.39 is 12.0 Å². The summed E-state index contributed by atoms with van der Waals surface area (Å²) in [5, 5.41) is 8.83. The molecule has 0 aliphatic carbocycles. The lowest BCUT2D eigenvalue weighted by molar-refractivity contribution is -0.139. The zero-order valence-electron chi connectivity index (χ0n) is 21.1. The van der Waals surface area contributed by atoms with E-state index in [4.69, 9.17) is 19.5 Å². The van der Waals surface area contributed by atoms with E-state index in [0.717, 1.165) is 16.7 Å². The Morgan fingerprint density at radius 1 is 1.11 bits per heavy atom. The molecule has 0 fully saturated rings. The number of carbonyl (C=O) groups excluding carboxylic acids is 1. The Balaban J connectivity index is 1.87. The number of hydrogen-bond acceptors (Lipinski definition) is 8. The van der Waals surface area contributed by atoms with Gasteiger partial charge < -0.3 is 14.2 Å². The van der Waals surface area contributed by atoms with Crippen LogP contribution >= 0.6 is 11.3 Å². The standard InChI is InChI=1S/C28H27N3O5S/c1-5-34-22-15-19(9-12-21(22)36-14-13-29)16-23-26(32)31-25(20-10-7-17(3)8-11-20)24(27(33)35-6-2)18(4)30-28(31)37-23/h7-12,15-16,25H,5-6,14H2,1-4H3/b23-16+/t25-/m0/s1. The van der Waals surface area contributed by atoms with Gasteiger partial charge in [0.05, 0.1) is 35.1 Å². The number of aromatic nitrogens is 1. The lowest BCUT2D eigenvalue weighted by Crippen LogP contribution is -2.39. The zero-order valence-corrected chi connectivity index (χ0v) is 21.9. The normalized spacial score (nSPS) is 15.0. The van der Waals surface area contributed by atoms with Crippen LogP contribution in [0.25, 0.3) is 6.08 Å². The number of rotatable bonds is 8. The van der Waals surface area contributed by atoms with E-state index in [9.17, 15) is 9.59 Å². The number of nitriles is 1. The Morgan fingerprint density at radius 3 is 2.54 bits per heavy atom. The second kappa shape index (κ2) is 11.3. The van der Waals surface area contributed by atoms with Gasteiger partial charge in [0, 0.05) is 0 Å². The number of allylic oxidation sites excluding steroid dienone is 1. The van der Waals surface area contributed by atoms with Gasteiger partial charge in [-0.25, -0.2) is 9.79 Å². The van der Waals surface area contributed by atoms with Gasteiger partial charge in [-0.15, -0.1) is 0 Å². The lowest BCUT2D eigenvalue weighted by Gasteiger charge is -2.24. The van der Waals surface area contributed by atoms with Gasteiger partial charge in [0.1, 0.15) is 6.07 Å². The summed E-state index contributed by atoms with van der Waals surface area (Å²) < 4.78 is 18.5. The Hall–Kier alpha value is -4.16. The van der Waals surface area contributed by atoms with Gasteiger partial charge >= 0.3 is 5.97 Å². The van der Waals surface area contributed by atoms with Crippen LogP contribution in [0.2, 0.25) is 0 Å². The predicted octanol–water partition coefficient (Wildman–Crippen LogP) is 3.41. The maximum absolute atomic E-state index is 13.7. The van der Waals surface area contributed by atoms with Crippen molar-refractivity contribution in [2.75, 3.05) is 19.8 Å². The number of thiazole rings is 1. The van der Waals surface area contributed by atoms with Crippen molar-refractivity contribution in [3.63, 3.8) is 0 Å². The number of hydrogen-bond donors (Lipinski definition) is 0. The number of nitrogens with zero attached hydrogens (tertiary/aromatic N) is 3. The summed E-state index contributed by atoms with van der Waals surface area (Å²) in [6.07, 6.45) is 1.76. The molecule has 0 radical (unpaired) electrons. The van der Waals surface area contributed by atoms with Crippen molar-refractivity contribution in [3.05, 3.63) is 90.1 Å². The molecule has 1 atom stereocenters. The summed E-state index contributed by atoms with van der Waals surface area (Å²) in [4.78, 5) is 31.8. The summed E-state index contributed by atoms with van der Waals surface area (Å²) >= 11 is 1.25. The molecule has 0 spiro atoms. The zero-order chi connectivity index (χ0) is 26.5. The van der Waals surface area contributed by atoms with Crippen molar-refractivity contribution < 1.29 is 19.0 Å². The first-order valence-electron chi connectivity index (χ1n) is 11.9. The molecule has 2 heterocycles. The first-order chi connectivity index (χ1) is 17.9. The summed E-state index contributed by atoms with van der Waals surface area (Å²) in [5.74, 6) is 0.450. The molecule has 0 unspecified atom stereocenters. The fraction of sp³-hybridized carbons (Fsp3) is 0.286. The summed E-state index contributed by atoms with van der Waals surface area (Å²) in [7, 11) is 0. The molecular weight excluding hydrogens is 490 g/mol. The van der Waals surface area contributed by atoms with Crippen molar-refractivity contribution in [1.82, 2.24) is 4.57 Å². The fourth-order valence-electron chi connectivity index (χ4n) is 4.12. The first kappa shape index (κ1) is 25.9. The van der Waals surface area contributed by atoms with Crippen LogP contribution in [-0.2, 0) is 9.53 Å². The molecule has 190 valence electrons. The van der Waals surface area contributed by atoms with E-state index in [-0.39, 0.29) is 18.8 Å². The minimum Gasteiger partial charge on any atom is -0.490 e. The molecule has 8 nitrogen and oxygen atoms in total. The van der Waals surface area contributed by atoms with E-state index in [1.165, 1.54) is 11.3 Å². The predicted molar refractivity (Wildman–Crippen MR) is 140 cm³/mol. The van der Waals surface area contributed by atoms with Gasteiger partial charge in [0.15, 0.2) is 22.9 Å². The minimum atomic E-state index is -0.654. The monoisotopic (exact) mass is 517 g/mol. The van der Waals surface area contributed by atoms with Gasteiger partial charge in [0.25, 0.3) is 5.56 Å². The van der Waals surface area contributed by atoms with E-state index in [1.807, 2.05) is 44.2 Å². The summed E-state index contributed by atoms with van der Waals surface area (Å²) in [6.45, 7) is 7.89. The molecule has 4 rings (SSSR count). The average Bonchev–Trinajstić information content (AvgIpc) is 3.17. The van der Waals surface area contributed by atoms with Gasteiger partial charge in [-0.1, -0.05) is 47.2 Å². The van der Waals surface area contributed by atoms with Crippen molar-refractivity contribution in [2.45, 2.75) is 33.7 Å². The smallest absolute Gasteiger partial charge is 0.338 e. The quantitative estimate of drug-likeness (QED) is 0.425. The third kappa shape index (κ3) is 5.34. The van der Waals surface area contributed by atoms with Crippen LogP contribution < -0.4 is 24.4 Å². The fourth-order valence-corrected chi connectivity index (χ4v) is 5.17. The molecule has 1 aromatic heterocycles. The van der Waals surface area contributed by atoms with Crippen molar-refractivity contribution in [3.8, 4) is 17.6 Å². The Morgan fingerprint density at radius 2 is 1.86 bits per heavy atom. The number of aryl methyl sites for hydroxylation is 1. The average molecular weight is 518 g/mol. The van der Waals surface area contributed by atoms with E-state index >= 15 is 0 Å². The second-order valence-corrected chi connectivity index (χ2v) is 9.31. The molecular formula is C28H27N3O5S. The second-order valence-electron chi connectivity index (χ2n) is 8.30. The van der Waals surface area contributed by atoms with E-state index in [2.05, 4.69) is 4.99 Å². The van der Waals surface area contributed by atoms with Crippen LogP contribution in [0.4, 0.5) is 0 Å². The van der Waals surface area contributed by atoms with Crippen LogP contribution in [0.1, 0.15) is 43.5 Å². The summed E-state index contributed by atoms with van der Waals surface area (Å²) in [5.41, 5.74) is 3.21. The first-order valence-corrected chi connectivity index (χ1v) is 12.7. The van der Waals surface area contributed by atoms with Crippen molar-refractivity contribution in [1.29, 1.82) is 5.26 Å². The molecule has 3 aromatic rings. The van der Waals surface area contributed by atoms with Crippen LogP contribution in [0.5, 0.6) is 11.5 Å². The maximum Gasteiger partial charge on any atom is 0.338 e. The number of fused-ring (bicyclic) bond motifs is 1.